The number of carbonyl (C=O) groups excluding carboxylic acids is 1. The molecule has 1 atom stereocenters. The number of primary amides is 1. The Labute approximate surface area is 110 Å². The van der Waals surface area contributed by atoms with Gasteiger partial charge in [0.05, 0.1) is 0 Å². The molecule has 0 bridgehead atoms. The highest BCUT2D eigenvalue weighted by Crippen LogP contribution is 2.10. The Bertz CT molecular complexity index is 338. The highest BCUT2D eigenvalue weighted by molar-refractivity contribution is 5.73. The molecule has 0 spiro atoms. The first-order chi connectivity index (χ1) is 8.68. The van der Waals surface area contributed by atoms with E-state index in [1.807, 2.05) is 18.2 Å². The predicted octanol–water partition coefficient (Wildman–Crippen LogP) is 2.38. The number of unbranched alkanes of at least 4 members (excludes halogenated alkanes) is 3. The second-order valence-electron chi connectivity index (χ2n) is 4.87. The predicted molar refractivity (Wildman–Crippen MR) is 75.0 cm³/mol. The van der Waals surface area contributed by atoms with E-state index in [2.05, 4.69) is 12.1 Å². The summed E-state index contributed by atoms with van der Waals surface area (Å²) in [6.45, 7) is 0. The monoisotopic (exact) mass is 248 g/mol. The quantitative estimate of drug-likeness (QED) is 0.659. The summed E-state index contributed by atoms with van der Waals surface area (Å²) in [4.78, 5) is 10.5. The van der Waals surface area contributed by atoms with E-state index in [4.69, 9.17) is 11.5 Å². The molecule has 1 rings (SSSR count). The Balaban J connectivity index is 2.03. The molecule has 1 amide bonds. The van der Waals surface area contributed by atoms with E-state index in [1.165, 1.54) is 5.56 Å². The van der Waals surface area contributed by atoms with Gasteiger partial charge < -0.3 is 11.5 Å². The van der Waals surface area contributed by atoms with Crippen LogP contribution in [0.15, 0.2) is 30.3 Å². The van der Waals surface area contributed by atoms with E-state index >= 15 is 0 Å². The third kappa shape index (κ3) is 7.07. The molecule has 3 heteroatoms. The fourth-order valence-corrected chi connectivity index (χ4v) is 2.08. The lowest BCUT2D eigenvalue weighted by Crippen LogP contribution is -2.22. The summed E-state index contributed by atoms with van der Waals surface area (Å²) < 4.78 is 0. The fourth-order valence-electron chi connectivity index (χ4n) is 2.08. The summed E-state index contributed by atoms with van der Waals surface area (Å²) in [6, 6.07) is 10.6. The maximum atomic E-state index is 10.5. The number of rotatable bonds is 9. The SMILES string of the molecule is NC(=O)CCCCCC[C@H](N)Cc1ccccc1. The van der Waals surface area contributed by atoms with Gasteiger partial charge >= 0.3 is 0 Å². The van der Waals surface area contributed by atoms with Crippen molar-refractivity contribution in [3.63, 3.8) is 0 Å². The lowest BCUT2D eigenvalue weighted by atomic mass is 10.0. The zero-order chi connectivity index (χ0) is 13.2. The summed E-state index contributed by atoms with van der Waals surface area (Å²) in [5.41, 5.74) is 12.5. The molecule has 0 heterocycles. The minimum Gasteiger partial charge on any atom is -0.370 e. The van der Waals surface area contributed by atoms with Gasteiger partial charge in [0.15, 0.2) is 0 Å². The highest BCUT2D eigenvalue weighted by atomic mass is 16.1. The van der Waals surface area contributed by atoms with Crippen LogP contribution in [0, 0.1) is 0 Å². The molecule has 0 radical (unpaired) electrons. The van der Waals surface area contributed by atoms with Crippen molar-refractivity contribution in [2.24, 2.45) is 11.5 Å². The van der Waals surface area contributed by atoms with E-state index in [9.17, 15) is 4.79 Å². The van der Waals surface area contributed by atoms with Gasteiger partial charge in [0, 0.05) is 12.5 Å². The molecule has 0 saturated carbocycles. The van der Waals surface area contributed by atoms with Crippen LogP contribution in [-0.4, -0.2) is 11.9 Å². The molecule has 18 heavy (non-hydrogen) atoms. The normalized spacial score (nSPS) is 12.3. The van der Waals surface area contributed by atoms with Gasteiger partial charge in [-0.05, 0) is 24.8 Å². The lowest BCUT2D eigenvalue weighted by molar-refractivity contribution is -0.118. The number of nitrogens with two attached hydrogens (primary N) is 2. The van der Waals surface area contributed by atoms with E-state index in [1.54, 1.807) is 0 Å². The van der Waals surface area contributed by atoms with Crippen LogP contribution in [0.25, 0.3) is 0 Å². The summed E-state index contributed by atoms with van der Waals surface area (Å²) in [6.07, 6.45) is 6.75. The Morgan fingerprint density at radius 3 is 2.39 bits per heavy atom. The molecule has 100 valence electrons. The van der Waals surface area contributed by atoms with Crippen molar-refractivity contribution in [3.8, 4) is 0 Å². The first-order valence-corrected chi connectivity index (χ1v) is 6.76. The molecule has 4 N–H and O–H groups in total. The lowest BCUT2D eigenvalue weighted by Gasteiger charge is -2.11. The number of hydrogen-bond donors (Lipinski definition) is 2. The van der Waals surface area contributed by atoms with Gasteiger partial charge in [0.1, 0.15) is 0 Å². The van der Waals surface area contributed by atoms with Gasteiger partial charge in [-0.15, -0.1) is 0 Å². The van der Waals surface area contributed by atoms with Gasteiger partial charge in [-0.25, -0.2) is 0 Å². The van der Waals surface area contributed by atoms with Gasteiger partial charge in [-0.3, -0.25) is 4.79 Å². The third-order valence-corrected chi connectivity index (χ3v) is 3.09. The number of amides is 1. The summed E-state index contributed by atoms with van der Waals surface area (Å²) in [7, 11) is 0. The zero-order valence-corrected chi connectivity index (χ0v) is 11.0. The molecule has 0 aliphatic carbocycles. The Hall–Kier alpha value is -1.35. The molecule has 1 aromatic carbocycles. The number of hydrogen-bond acceptors (Lipinski definition) is 2. The van der Waals surface area contributed by atoms with Gasteiger partial charge in [0.25, 0.3) is 0 Å². The van der Waals surface area contributed by atoms with Crippen molar-refractivity contribution in [2.45, 2.75) is 51.0 Å². The van der Waals surface area contributed by atoms with Crippen LogP contribution in [0.4, 0.5) is 0 Å². The smallest absolute Gasteiger partial charge is 0.217 e. The Kier molecular flexibility index (Phi) is 7.11. The van der Waals surface area contributed by atoms with Crippen molar-refractivity contribution >= 4 is 5.91 Å². The van der Waals surface area contributed by atoms with Crippen LogP contribution in [-0.2, 0) is 11.2 Å². The topological polar surface area (TPSA) is 69.1 Å². The third-order valence-electron chi connectivity index (χ3n) is 3.09. The van der Waals surface area contributed by atoms with Crippen LogP contribution >= 0.6 is 0 Å². The number of benzene rings is 1. The number of carbonyl (C=O) groups is 1. The van der Waals surface area contributed by atoms with Crippen molar-refractivity contribution in [1.82, 2.24) is 0 Å². The average Bonchev–Trinajstić information content (AvgIpc) is 2.34. The van der Waals surface area contributed by atoms with Gasteiger partial charge in [0.2, 0.25) is 5.91 Å². The van der Waals surface area contributed by atoms with Gasteiger partial charge in [-0.1, -0.05) is 49.6 Å². The minimum absolute atomic E-state index is 0.198. The average molecular weight is 248 g/mol. The van der Waals surface area contributed by atoms with Crippen LogP contribution in [0.2, 0.25) is 0 Å². The molecule has 0 unspecified atom stereocenters. The second-order valence-corrected chi connectivity index (χ2v) is 4.87. The molecule has 0 aliphatic rings. The maximum absolute atomic E-state index is 10.5. The van der Waals surface area contributed by atoms with Crippen molar-refractivity contribution in [1.29, 1.82) is 0 Å². The van der Waals surface area contributed by atoms with Crippen molar-refractivity contribution in [3.05, 3.63) is 35.9 Å². The Morgan fingerprint density at radius 2 is 1.72 bits per heavy atom. The molecule has 0 saturated heterocycles. The van der Waals surface area contributed by atoms with Crippen LogP contribution in [0.5, 0.6) is 0 Å². The fraction of sp³-hybridized carbons (Fsp3) is 0.533. The molecule has 0 aliphatic heterocycles. The first-order valence-electron chi connectivity index (χ1n) is 6.76. The molecule has 0 fully saturated rings. The molecule has 1 aromatic rings. The van der Waals surface area contributed by atoms with Gasteiger partial charge in [-0.2, -0.15) is 0 Å². The van der Waals surface area contributed by atoms with E-state index in [0.717, 1.165) is 38.5 Å². The Morgan fingerprint density at radius 1 is 1.06 bits per heavy atom. The van der Waals surface area contributed by atoms with Crippen LogP contribution < -0.4 is 11.5 Å². The zero-order valence-electron chi connectivity index (χ0n) is 11.0. The largest absolute Gasteiger partial charge is 0.370 e. The molecule has 0 aromatic heterocycles. The summed E-state index contributed by atoms with van der Waals surface area (Å²) >= 11 is 0. The van der Waals surface area contributed by atoms with Crippen molar-refractivity contribution < 1.29 is 4.79 Å². The molecular weight excluding hydrogens is 224 g/mol. The van der Waals surface area contributed by atoms with Crippen molar-refractivity contribution in [2.75, 3.05) is 0 Å². The maximum Gasteiger partial charge on any atom is 0.217 e. The van der Waals surface area contributed by atoms with E-state index in [-0.39, 0.29) is 11.9 Å². The first kappa shape index (κ1) is 14.7. The summed E-state index contributed by atoms with van der Waals surface area (Å²) in [5, 5.41) is 0. The molecule has 3 nitrogen and oxygen atoms in total. The minimum atomic E-state index is -0.198. The molecular formula is C15H24N2O. The second kappa shape index (κ2) is 8.70. The van der Waals surface area contributed by atoms with Crippen LogP contribution in [0.3, 0.4) is 0 Å². The van der Waals surface area contributed by atoms with E-state index < -0.39 is 0 Å². The highest BCUT2D eigenvalue weighted by Gasteiger charge is 2.03. The van der Waals surface area contributed by atoms with Crippen LogP contribution in [0.1, 0.15) is 44.1 Å². The summed E-state index contributed by atoms with van der Waals surface area (Å²) in [5.74, 6) is -0.198. The van der Waals surface area contributed by atoms with E-state index in [0.29, 0.717) is 6.42 Å². The standard InChI is InChI=1S/C15H24N2O/c16-14(12-13-8-4-3-5-9-13)10-6-1-2-7-11-15(17)18/h3-5,8-9,14H,1-2,6-7,10-12,16H2,(H2,17,18)/t14-/m0/s1.